The van der Waals surface area contributed by atoms with Crippen LogP contribution in [0.5, 0.6) is 0 Å². The average Bonchev–Trinajstić information content (AvgIpc) is 2.75. The monoisotopic (exact) mass is 245 g/mol. The molecule has 5 heteroatoms. The number of esters is 1. The third-order valence-electron chi connectivity index (χ3n) is 2.65. The van der Waals surface area contributed by atoms with Gasteiger partial charge in [-0.05, 0) is 26.0 Å². The summed E-state index contributed by atoms with van der Waals surface area (Å²) < 4.78 is 4.97. The van der Waals surface area contributed by atoms with Crippen LogP contribution in [0.2, 0.25) is 0 Å². The highest BCUT2D eigenvalue weighted by Gasteiger charge is 2.34. The highest BCUT2D eigenvalue weighted by Crippen LogP contribution is 2.19. The summed E-state index contributed by atoms with van der Waals surface area (Å²) in [7, 11) is 0. The minimum absolute atomic E-state index is 0.0740. The highest BCUT2D eigenvalue weighted by molar-refractivity contribution is 7.98. The molecule has 0 radical (unpaired) electrons. The van der Waals surface area contributed by atoms with Crippen molar-refractivity contribution >= 4 is 23.6 Å². The summed E-state index contributed by atoms with van der Waals surface area (Å²) in [5.74, 6) is 0.632. The van der Waals surface area contributed by atoms with E-state index in [0.717, 1.165) is 18.6 Å². The van der Waals surface area contributed by atoms with Gasteiger partial charge in [0, 0.05) is 18.7 Å². The molecule has 1 fully saturated rings. The van der Waals surface area contributed by atoms with Gasteiger partial charge < -0.3 is 9.64 Å². The number of thioether (sulfide) groups is 1. The standard InChI is InChI=1S/C11H19NO3S/c1-3-15-11(14)9-5-4-7-12(9)10(13)6-8-16-2/h9H,3-8H2,1-2H3. The van der Waals surface area contributed by atoms with Crippen LogP contribution in [0.4, 0.5) is 0 Å². The number of amides is 1. The molecule has 1 saturated heterocycles. The summed E-state index contributed by atoms with van der Waals surface area (Å²) in [5.41, 5.74) is 0. The molecule has 1 unspecified atom stereocenters. The fourth-order valence-corrected chi connectivity index (χ4v) is 2.26. The Morgan fingerprint density at radius 2 is 2.25 bits per heavy atom. The molecule has 0 N–H and O–H groups in total. The fourth-order valence-electron chi connectivity index (χ4n) is 1.88. The summed E-state index contributed by atoms with van der Waals surface area (Å²) >= 11 is 1.64. The highest BCUT2D eigenvalue weighted by atomic mass is 32.2. The molecule has 1 aliphatic rings. The molecule has 1 aliphatic heterocycles. The first kappa shape index (κ1) is 13.4. The normalized spacial score (nSPS) is 19.9. The molecule has 0 aliphatic carbocycles. The summed E-state index contributed by atoms with van der Waals surface area (Å²) in [6.07, 6.45) is 4.12. The predicted octanol–water partition coefficient (Wildman–Crippen LogP) is 1.29. The molecule has 92 valence electrons. The number of hydrogen-bond donors (Lipinski definition) is 0. The van der Waals surface area contributed by atoms with Crippen molar-refractivity contribution in [1.82, 2.24) is 4.90 Å². The van der Waals surface area contributed by atoms with Crippen LogP contribution >= 0.6 is 11.8 Å². The van der Waals surface area contributed by atoms with Crippen molar-refractivity contribution in [2.45, 2.75) is 32.2 Å². The van der Waals surface area contributed by atoms with Crippen LogP contribution in [-0.2, 0) is 14.3 Å². The number of rotatable bonds is 5. The zero-order valence-corrected chi connectivity index (χ0v) is 10.7. The Morgan fingerprint density at radius 3 is 2.88 bits per heavy atom. The Morgan fingerprint density at radius 1 is 1.50 bits per heavy atom. The van der Waals surface area contributed by atoms with Gasteiger partial charge in [-0.25, -0.2) is 4.79 Å². The first-order valence-electron chi connectivity index (χ1n) is 5.65. The van der Waals surface area contributed by atoms with Crippen molar-refractivity contribution < 1.29 is 14.3 Å². The van der Waals surface area contributed by atoms with Crippen LogP contribution in [0.15, 0.2) is 0 Å². The second-order valence-electron chi connectivity index (χ2n) is 3.74. The molecule has 0 spiro atoms. The molecule has 1 heterocycles. The third kappa shape index (κ3) is 3.40. The maximum Gasteiger partial charge on any atom is 0.328 e. The van der Waals surface area contributed by atoms with Crippen LogP contribution in [0, 0.1) is 0 Å². The molecule has 0 bridgehead atoms. The number of nitrogens with zero attached hydrogens (tertiary/aromatic N) is 1. The van der Waals surface area contributed by atoms with Crippen LogP contribution in [0.25, 0.3) is 0 Å². The van der Waals surface area contributed by atoms with Gasteiger partial charge in [-0.1, -0.05) is 0 Å². The van der Waals surface area contributed by atoms with Crippen molar-refractivity contribution in [3.63, 3.8) is 0 Å². The van der Waals surface area contributed by atoms with Gasteiger partial charge >= 0.3 is 5.97 Å². The number of ether oxygens (including phenoxy) is 1. The lowest BCUT2D eigenvalue weighted by Crippen LogP contribution is -2.41. The number of hydrogen-bond acceptors (Lipinski definition) is 4. The molecular weight excluding hydrogens is 226 g/mol. The topological polar surface area (TPSA) is 46.6 Å². The zero-order chi connectivity index (χ0) is 12.0. The van der Waals surface area contributed by atoms with Crippen molar-refractivity contribution in [2.75, 3.05) is 25.2 Å². The molecule has 0 saturated carbocycles. The number of carbonyl (C=O) groups is 2. The van der Waals surface area contributed by atoms with Crippen LogP contribution < -0.4 is 0 Å². The van der Waals surface area contributed by atoms with Crippen molar-refractivity contribution in [2.24, 2.45) is 0 Å². The minimum atomic E-state index is -0.339. The molecule has 1 atom stereocenters. The lowest BCUT2D eigenvalue weighted by atomic mass is 10.2. The van der Waals surface area contributed by atoms with Gasteiger partial charge in [0.2, 0.25) is 5.91 Å². The van der Waals surface area contributed by atoms with Crippen LogP contribution in [-0.4, -0.2) is 48.0 Å². The summed E-state index contributed by atoms with van der Waals surface area (Å²) in [5, 5.41) is 0. The first-order valence-corrected chi connectivity index (χ1v) is 7.05. The van der Waals surface area contributed by atoms with E-state index in [1.807, 2.05) is 6.26 Å². The van der Waals surface area contributed by atoms with E-state index in [0.29, 0.717) is 19.6 Å². The van der Waals surface area contributed by atoms with Gasteiger partial charge in [-0.15, -0.1) is 0 Å². The van der Waals surface area contributed by atoms with Gasteiger partial charge in [0.05, 0.1) is 6.61 Å². The lowest BCUT2D eigenvalue weighted by Gasteiger charge is -2.22. The number of likely N-dealkylation sites (tertiary alicyclic amines) is 1. The second kappa shape index (κ2) is 6.78. The maximum absolute atomic E-state index is 11.8. The van der Waals surface area contributed by atoms with Crippen LogP contribution in [0.3, 0.4) is 0 Å². The molecule has 0 aromatic carbocycles. The van der Waals surface area contributed by atoms with E-state index in [2.05, 4.69) is 0 Å². The molecule has 0 aromatic heterocycles. The molecule has 16 heavy (non-hydrogen) atoms. The lowest BCUT2D eigenvalue weighted by molar-refractivity contribution is -0.152. The molecule has 1 rings (SSSR count). The Kier molecular flexibility index (Phi) is 5.66. The average molecular weight is 245 g/mol. The van der Waals surface area contributed by atoms with Gasteiger partial charge in [-0.3, -0.25) is 4.79 Å². The largest absolute Gasteiger partial charge is 0.464 e. The molecule has 0 aromatic rings. The Labute approximate surface area is 101 Å². The van der Waals surface area contributed by atoms with E-state index in [9.17, 15) is 9.59 Å². The van der Waals surface area contributed by atoms with E-state index in [4.69, 9.17) is 4.74 Å². The van der Waals surface area contributed by atoms with Gasteiger partial charge in [0.15, 0.2) is 0 Å². The van der Waals surface area contributed by atoms with E-state index in [1.165, 1.54) is 0 Å². The van der Waals surface area contributed by atoms with E-state index >= 15 is 0 Å². The fraction of sp³-hybridized carbons (Fsp3) is 0.818. The third-order valence-corrected chi connectivity index (χ3v) is 3.26. The quantitative estimate of drug-likeness (QED) is 0.685. The minimum Gasteiger partial charge on any atom is -0.464 e. The van der Waals surface area contributed by atoms with Crippen molar-refractivity contribution in [1.29, 1.82) is 0 Å². The Balaban J connectivity index is 2.51. The summed E-state index contributed by atoms with van der Waals surface area (Å²) in [6, 6.07) is -0.339. The molecule has 1 amide bonds. The van der Waals surface area contributed by atoms with Crippen LogP contribution in [0.1, 0.15) is 26.2 Å². The molecule has 4 nitrogen and oxygen atoms in total. The van der Waals surface area contributed by atoms with E-state index < -0.39 is 0 Å². The Hall–Kier alpha value is -0.710. The molecular formula is C11H19NO3S. The summed E-state index contributed by atoms with van der Waals surface area (Å²) in [6.45, 7) is 2.85. The first-order chi connectivity index (χ1) is 7.70. The predicted molar refractivity (Wildman–Crippen MR) is 64.4 cm³/mol. The van der Waals surface area contributed by atoms with Gasteiger partial charge in [0.25, 0.3) is 0 Å². The van der Waals surface area contributed by atoms with Crippen molar-refractivity contribution in [3.8, 4) is 0 Å². The SMILES string of the molecule is CCOC(=O)C1CCCN1C(=O)CCSC. The summed E-state index contributed by atoms with van der Waals surface area (Å²) in [4.78, 5) is 25.1. The zero-order valence-electron chi connectivity index (χ0n) is 9.90. The van der Waals surface area contributed by atoms with E-state index in [-0.39, 0.29) is 17.9 Å². The Bertz CT molecular complexity index is 258. The van der Waals surface area contributed by atoms with Crippen molar-refractivity contribution in [3.05, 3.63) is 0 Å². The smallest absolute Gasteiger partial charge is 0.328 e. The maximum atomic E-state index is 11.8. The van der Waals surface area contributed by atoms with Gasteiger partial charge in [-0.2, -0.15) is 11.8 Å². The second-order valence-corrected chi connectivity index (χ2v) is 4.73. The van der Waals surface area contributed by atoms with E-state index in [1.54, 1.807) is 23.6 Å². The van der Waals surface area contributed by atoms with Gasteiger partial charge in [0.1, 0.15) is 6.04 Å². The number of carbonyl (C=O) groups excluding carboxylic acids is 2.